The molecule has 0 aromatic heterocycles. The second-order valence-electron chi connectivity index (χ2n) is 4.69. The molecule has 2 saturated heterocycles. The summed E-state index contributed by atoms with van der Waals surface area (Å²) in [4.78, 5) is 0. The van der Waals surface area contributed by atoms with Crippen molar-refractivity contribution in [3.63, 3.8) is 0 Å². The molecule has 70 valence electrons. The molecule has 2 aliphatic heterocycles. The van der Waals surface area contributed by atoms with E-state index in [2.05, 4.69) is 13.8 Å². The molecule has 4 atom stereocenters. The Labute approximate surface area is 80.4 Å². The summed E-state index contributed by atoms with van der Waals surface area (Å²) in [7, 11) is 5.87. The van der Waals surface area contributed by atoms with Crippen LogP contribution in [-0.4, -0.2) is 31.2 Å². The SMILES string of the molecule is [B][C@@H]1O[C@]2(CC)C(C)[C@@H]1OC21CC1. The molecule has 2 radical (unpaired) electrons. The highest BCUT2D eigenvalue weighted by molar-refractivity contribution is 6.11. The maximum atomic E-state index is 6.03. The molecule has 1 saturated carbocycles. The van der Waals surface area contributed by atoms with Crippen LogP contribution >= 0.6 is 0 Å². The fourth-order valence-corrected chi connectivity index (χ4v) is 3.40. The van der Waals surface area contributed by atoms with Gasteiger partial charge >= 0.3 is 0 Å². The van der Waals surface area contributed by atoms with Gasteiger partial charge in [-0.1, -0.05) is 13.8 Å². The minimum Gasteiger partial charge on any atom is -0.376 e. The van der Waals surface area contributed by atoms with Crippen LogP contribution in [0.15, 0.2) is 0 Å². The average Bonchev–Trinajstić information content (AvgIpc) is 2.80. The first-order valence-electron chi connectivity index (χ1n) is 5.26. The first kappa shape index (κ1) is 8.31. The molecule has 3 aliphatic rings. The van der Waals surface area contributed by atoms with E-state index < -0.39 is 0 Å². The molecular weight excluding hydrogens is 163 g/mol. The molecular formula is C10H15BO2. The molecule has 13 heavy (non-hydrogen) atoms. The Bertz CT molecular complexity index is 251. The number of hydrogen-bond acceptors (Lipinski definition) is 2. The highest BCUT2D eigenvalue weighted by Crippen LogP contribution is 2.65. The van der Waals surface area contributed by atoms with Gasteiger partial charge < -0.3 is 9.47 Å². The molecule has 2 nitrogen and oxygen atoms in total. The van der Waals surface area contributed by atoms with Crippen LogP contribution in [0, 0.1) is 5.92 Å². The summed E-state index contributed by atoms with van der Waals surface area (Å²) in [6, 6.07) is -0.193. The van der Waals surface area contributed by atoms with E-state index in [0.29, 0.717) is 5.92 Å². The number of fused-ring (bicyclic) bond motifs is 3. The third-order valence-corrected chi connectivity index (χ3v) is 4.26. The van der Waals surface area contributed by atoms with E-state index in [-0.39, 0.29) is 23.3 Å². The fourth-order valence-electron chi connectivity index (χ4n) is 3.40. The van der Waals surface area contributed by atoms with Crippen molar-refractivity contribution in [1.29, 1.82) is 0 Å². The lowest BCUT2D eigenvalue weighted by atomic mass is 9.80. The third-order valence-electron chi connectivity index (χ3n) is 4.26. The maximum absolute atomic E-state index is 6.03. The van der Waals surface area contributed by atoms with E-state index in [9.17, 15) is 0 Å². The normalized spacial score (nSPS) is 56.0. The van der Waals surface area contributed by atoms with Crippen LogP contribution in [0.1, 0.15) is 33.1 Å². The second kappa shape index (κ2) is 2.14. The van der Waals surface area contributed by atoms with Crippen LogP contribution in [-0.2, 0) is 9.47 Å². The van der Waals surface area contributed by atoms with Crippen molar-refractivity contribution >= 4 is 7.85 Å². The zero-order chi connectivity index (χ0) is 9.27. The Hall–Kier alpha value is -0.0151. The standard InChI is InChI=1S/C10H15BO2/c1-3-10-6(2)7(8(11)13-10)12-9(10)4-5-9/h6-8H,3-5H2,1-2H3/t6?,7-,8+,10+/m0/s1. The first-order chi connectivity index (χ1) is 6.15. The van der Waals surface area contributed by atoms with Crippen LogP contribution in [0.25, 0.3) is 0 Å². The van der Waals surface area contributed by atoms with Crippen LogP contribution in [0.3, 0.4) is 0 Å². The van der Waals surface area contributed by atoms with Crippen LogP contribution in [0.4, 0.5) is 0 Å². The quantitative estimate of drug-likeness (QED) is 0.562. The first-order valence-corrected chi connectivity index (χ1v) is 5.26. The molecule has 1 unspecified atom stereocenters. The second-order valence-corrected chi connectivity index (χ2v) is 4.69. The van der Waals surface area contributed by atoms with Gasteiger partial charge in [-0.05, 0) is 19.3 Å². The van der Waals surface area contributed by atoms with E-state index in [1.165, 1.54) is 0 Å². The summed E-state index contributed by atoms with van der Waals surface area (Å²) in [5.74, 6) is 0.468. The number of hydrogen-bond donors (Lipinski definition) is 0. The van der Waals surface area contributed by atoms with Crippen molar-refractivity contribution in [2.24, 2.45) is 5.92 Å². The van der Waals surface area contributed by atoms with Crippen LogP contribution < -0.4 is 0 Å². The van der Waals surface area contributed by atoms with E-state index in [0.717, 1.165) is 19.3 Å². The Morgan fingerprint density at radius 2 is 2.08 bits per heavy atom. The van der Waals surface area contributed by atoms with Gasteiger partial charge in [0.25, 0.3) is 0 Å². The zero-order valence-corrected chi connectivity index (χ0v) is 8.25. The molecule has 0 aromatic rings. The van der Waals surface area contributed by atoms with Gasteiger partial charge in [-0.2, -0.15) is 0 Å². The lowest BCUT2D eigenvalue weighted by molar-refractivity contribution is -0.177. The van der Waals surface area contributed by atoms with Gasteiger partial charge in [0.05, 0.1) is 11.7 Å². The molecule has 0 N–H and O–H groups in total. The summed E-state index contributed by atoms with van der Waals surface area (Å²) in [6.07, 6.45) is 3.49. The van der Waals surface area contributed by atoms with E-state index in [1.807, 2.05) is 0 Å². The molecule has 3 rings (SSSR count). The highest BCUT2D eigenvalue weighted by atomic mass is 16.6. The summed E-state index contributed by atoms with van der Waals surface area (Å²) in [5, 5.41) is 0. The molecule has 2 bridgehead atoms. The molecule has 1 aliphatic carbocycles. The highest BCUT2D eigenvalue weighted by Gasteiger charge is 2.74. The topological polar surface area (TPSA) is 18.5 Å². The molecule has 3 fully saturated rings. The van der Waals surface area contributed by atoms with Crippen molar-refractivity contribution in [2.75, 3.05) is 0 Å². The molecule has 1 spiro atoms. The molecule has 0 aromatic carbocycles. The summed E-state index contributed by atoms with van der Waals surface area (Å²) >= 11 is 0. The third kappa shape index (κ3) is 0.711. The van der Waals surface area contributed by atoms with Crippen LogP contribution in [0.5, 0.6) is 0 Å². The van der Waals surface area contributed by atoms with Gasteiger partial charge in [-0.3, -0.25) is 0 Å². The van der Waals surface area contributed by atoms with E-state index in [1.54, 1.807) is 0 Å². The Morgan fingerprint density at radius 1 is 1.38 bits per heavy atom. The van der Waals surface area contributed by atoms with Crippen molar-refractivity contribution in [2.45, 2.75) is 56.4 Å². The van der Waals surface area contributed by atoms with Crippen LogP contribution in [0.2, 0.25) is 0 Å². The van der Waals surface area contributed by atoms with Crippen molar-refractivity contribution in [1.82, 2.24) is 0 Å². The Kier molecular flexibility index (Phi) is 1.37. The lowest BCUT2D eigenvalue weighted by Crippen LogP contribution is -2.47. The zero-order valence-electron chi connectivity index (χ0n) is 8.25. The summed E-state index contributed by atoms with van der Waals surface area (Å²) < 4.78 is 12.0. The van der Waals surface area contributed by atoms with E-state index >= 15 is 0 Å². The van der Waals surface area contributed by atoms with Gasteiger partial charge in [-0.15, -0.1) is 0 Å². The predicted molar refractivity (Wildman–Crippen MR) is 49.7 cm³/mol. The Balaban J connectivity index is 2.03. The van der Waals surface area contributed by atoms with Gasteiger partial charge in [0.15, 0.2) is 0 Å². The Morgan fingerprint density at radius 3 is 2.54 bits per heavy atom. The molecule has 3 heteroatoms. The lowest BCUT2D eigenvalue weighted by Gasteiger charge is -2.37. The largest absolute Gasteiger partial charge is 0.376 e. The minimum absolute atomic E-state index is 0.0572. The molecule has 2 heterocycles. The maximum Gasteiger partial charge on any atom is 0.112 e. The summed E-state index contributed by atoms with van der Waals surface area (Å²) in [6.45, 7) is 4.40. The molecule has 0 amide bonds. The number of rotatable bonds is 1. The van der Waals surface area contributed by atoms with Crippen molar-refractivity contribution in [3.8, 4) is 0 Å². The van der Waals surface area contributed by atoms with Gasteiger partial charge in [0.2, 0.25) is 0 Å². The average molecular weight is 178 g/mol. The van der Waals surface area contributed by atoms with Gasteiger partial charge in [0.1, 0.15) is 13.4 Å². The van der Waals surface area contributed by atoms with Gasteiger partial charge in [0, 0.05) is 11.9 Å². The van der Waals surface area contributed by atoms with Gasteiger partial charge in [-0.25, -0.2) is 0 Å². The van der Waals surface area contributed by atoms with E-state index in [4.69, 9.17) is 17.3 Å². The van der Waals surface area contributed by atoms with Crippen molar-refractivity contribution in [3.05, 3.63) is 0 Å². The van der Waals surface area contributed by atoms with Crippen molar-refractivity contribution < 1.29 is 9.47 Å². The monoisotopic (exact) mass is 178 g/mol. The fraction of sp³-hybridized carbons (Fsp3) is 1.00. The smallest absolute Gasteiger partial charge is 0.112 e. The predicted octanol–water partition coefficient (Wildman–Crippen LogP) is 1.23. The minimum atomic E-state index is -0.193. The summed E-state index contributed by atoms with van der Waals surface area (Å²) in [5.41, 5.74) is -0.00120. The number of ether oxygens (including phenoxy) is 2.